The number of rotatable bonds is 5. The van der Waals surface area contributed by atoms with Crippen molar-refractivity contribution in [3.05, 3.63) is 125 Å². The highest BCUT2D eigenvalue weighted by atomic mass is 35.5. The standard InChI is InChI=1S/C30H19ClN6S/c31-25-17-15-24(16-18-25)29-34-35-30(38)37(29)36-27(22-9-5-2-6-10-22)26(21-7-3-1-4-8-21)33-28(36)23-13-11-20(19-32)12-14-23/h1-18H,(H,35,38). The zero-order valence-corrected chi connectivity index (χ0v) is 21.5. The van der Waals surface area contributed by atoms with Crippen LogP contribution in [0.1, 0.15) is 5.56 Å². The Labute approximate surface area is 229 Å². The minimum Gasteiger partial charge on any atom is -0.250 e. The molecular weight excluding hydrogens is 512 g/mol. The van der Waals surface area contributed by atoms with Crippen molar-refractivity contribution in [1.29, 1.82) is 5.26 Å². The van der Waals surface area contributed by atoms with E-state index in [-0.39, 0.29) is 0 Å². The maximum Gasteiger partial charge on any atom is 0.215 e. The van der Waals surface area contributed by atoms with Crippen molar-refractivity contribution in [2.24, 2.45) is 0 Å². The monoisotopic (exact) mass is 530 g/mol. The van der Waals surface area contributed by atoms with E-state index in [2.05, 4.69) is 16.3 Å². The Morgan fingerprint density at radius 2 is 1.26 bits per heavy atom. The molecule has 6 rings (SSSR count). The van der Waals surface area contributed by atoms with Crippen molar-refractivity contribution < 1.29 is 0 Å². The van der Waals surface area contributed by atoms with E-state index in [1.165, 1.54) is 0 Å². The van der Waals surface area contributed by atoms with Crippen LogP contribution in [0.25, 0.3) is 45.3 Å². The van der Waals surface area contributed by atoms with Crippen LogP contribution in [-0.4, -0.2) is 24.5 Å². The number of benzene rings is 4. The third-order valence-corrected chi connectivity index (χ3v) is 6.69. The molecule has 0 atom stereocenters. The number of nitrogens with one attached hydrogen (secondary N) is 1. The number of imidazole rings is 1. The average molecular weight is 531 g/mol. The molecular formula is C30H19ClN6S. The molecule has 0 saturated heterocycles. The number of halogens is 1. The van der Waals surface area contributed by atoms with Crippen LogP contribution in [0.3, 0.4) is 0 Å². The number of hydrogen-bond acceptors (Lipinski definition) is 4. The normalized spacial score (nSPS) is 10.8. The van der Waals surface area contributed by atoms with Crippen LogP contribution in [0.4, 0.5) is 0 Å². The minimum absolute atomic E-state index is 0.402. The number of H-pyrrole nitrogens is 1. The average Bonchev–Trinajstić information content (AvgIpc) is 3.55. The third kappa shape index (κ3) is 4.22. The Bertz CT molecular complexity index is 1830. The molecule has 4 aromatic carbocycles. The Kier molecular flexibility index (Phi) is 6.18. The first kappa shape index (κ1) is 23.6. The highest BCUT2D eigenvalue weighted by molar-refractivity contribution is 7.71. The summed E-state index contributed by atoms with van der Waals surface area (Å²) in [6.45, 7) is 0. The zero-order chi connectivity index (χ0) is 26.1. The highest BCUT2D eigenvalue weighted by Crippen LogP contribution is 2.37. The number of aromatic nitrogens is 5. The fourth-order valence-corrected chi connectivity index (χ4v) is 4.74. The van der Waals surface area contributed by atoms with Gasteiger partial charge in [-0.25, -0.2) is 14.8 Å². The van der Waals surface area contributed by atoms with Crippen LogP contribution < -0.4 is 0 Å². The van der Waals surface area contributed by atoms with Crippen LogP contribution in [0.5, 0.6) is 0 Å². The van der Waals surface area contributed by atoms with Gasteiger partial charge in [-0.1, -0.05) is 72.3 Å². The van der Waals surface area contributed by atoms with Gasteiger partial charge in [0.1, 0.15) is 0 Å². The quantitative estimate of drug-likeness (QED) is 0.232. The molecule has 0 radical (unpaired) electrons. The van der Waals surface area contributed by atoms with E-state index in [1.54, 1.807) is 12.1 Å². The van der Waals surface area contributed by atoms with Crippen LogP contribution in [0, 0.1) is 16.1 Å². The van der Waals surface area contributed by atoms with Crippen LogP contribution in [0.2, 0.25) is 5.02 Å². The molecule has 0 aliphatic heterocycles. The van der Waals surface area contributed by atoms with E-state index in [9.17, 15) is 5.26 Å². The van der Waals surface area contributed by atoms with Gasteiger partial charge in [0.25, 0.3) is 0 Å². The minimum atomic E-state index is 0.402. The van der Waals surface area contributed by atoms with E-state index in [0.717, 1.165) is 33.6 Å². The Morgan fingerprint density at radius 1 is 0.684 bits per heavy atom. The number of aromatic amines is 1. The molecule has 182 valence electrons. The van der Waals surface area contributed by atoms with Gasteiger partial charge < -0.3 is 0 Å². The van der Waals surface area contributed by atoms with Gasteiger partial charge in [-0.3, -0.25) is 0 Å². The molecule has 0 aliphatic carbocycles. The first-order valence-corrected chi connectivity index (χ1v) is 12.6. The predicted octanol–water partition coefficient (Wildman–Crippen LogP) is 7.64. The van der Waals surface area contributed by atoms with E-state index in [4.69, 9.17) is 28.8 Å². The summed E-state index contributed by atoms with van der Waals surface area (Å²) in [7, 11) is 0. The second-order valence-electron chi connectivity index (χ2n) is 8.54. The molecule has 0 spiro atoms. The maximum atomic E-state index is 9.36. The lowest BCUT2D eigenvalue weighted by Gasteiger charge is -2.16. The van der Waals surface area contributed by atoms with Crippen molar-refractivity contribution in [3.63, 3.8) is 0 Å². The van der Waals surface area contributed by atoms with Gasteiger partial charge in [0, 0.05) is 27.3 Å². The topological polar surface area (TPSA) is 75.2 Å². The first-order chi connectivity index (χ1) is 18.6. The summed E-state index contributed by atoms with van der Waals surface area (Å²) in [6, 6.07) is 37.1. The summed E-state index contributed by atoms with van der Waals surface area (Å²) < 4.78 is 4.25. The summed E-state index contributed by atoms with van der Waals surface area (Å²) >= 11 is 12.0. The Balaban J connectivity index is 1.73. The molecule has 2 aromatic heterocycles. The largest absolute Gasteiger partial charge is 0.250 e. The summed E-state index contributed by atoms with van der Waals surface area (Å²) in [6.07, 6.45) is 0. The highest BCUT2D eigenvalue weighted by Gasteiger charge is 2.25. The first-order valence-electron chi connectivity index (χ1n) is 11.8. The fraction of sp³-hybridized carbons (Fsp3) is 0. The van der Waals surface area contributed by atoms with Crippen LogP contribution >= 0.6 is 23.8 Å². The van der Waals surface area contributed by atoms with Crippen LogP contribution in [0.15, 0.2) is 109 Å². The van der Waals surface area contributed by atoms with Gasteiger partial charge in [-0.05, 0) is 60.7 Å². The van der Waals surface area contributed by atoms with Crippen molar-refractivity contribution in [2.45, 2.75) is 0 Å². The smallest absolute Gasteiger partial charge is 0.215 e. The molecule has 0 unspecified atom stereocenters. The Morgan fingerprint density at radius 3 is 1.89 bits per heavy atom. The van der Waals surface area contributed by atoms with Gasteiger partial charge in [0.15, 0.2) is 11.6 Å². The van der Waals surface area contributed by atoms with E-state index >= 15 is 0 Å². The molecule has 8 heteroatoms. The van der Waals surface area contributed by atoms with E-state index in [0.29, 0.717) is 27.0 Å². The zero-order valence-electron chi connectivity index (χ0n) is 19.9. The molecule has 6 nitrogen and oxygen atoms in total. The lowest BCUT2D eigenvalue weighted by molar-refractivity contribution is 0.668. The predicted molar refractivity (Wildman–Crippen MR) is 152 cm³/mol. The summed E-state index contributed by atoms with van der Waals surface area (Å²) in [5.41, 5.74) is 5.80. The van der Waals surface area contributed by atoms with Crippen molar-refractivity contribution in [2.75, 3.05) is 0 Å². The molecule has 0 aliphatic rings. The molecule has 6 aromatic rings. The lowest BCUT2D eigenvalue weighted by Crippen LogP contribution is -2.14. The molecule has 0 saturated carbocycles. The molecule has 0 fully saturated rings. The third-order valence-electron chi connectivity index (χ3n) is 6.17. The number of hydrogen-bond donors (Lipinski definition) is 1. The summed E-state index contributed by atoms with van der Waals surface area (Å²) in [5.74, 6) is 1.26. The van der Waals surface area contributed by atoms with E-state index in [1.807, 2.05) is 106 Å². The summed E-state index contributed by atoms with van der Waals surface area (Å²) in [5, 5.41) is 17.5. The fourth-order valence-electron chi connectivity index (χ4n) is 4.40. The van der Waals surface area contributed by atoms with Crippen LogP contribution in [-0.2, 0) is 0 Å². The van der Waals surface area contributed by atoms with Gasteiger partial charge in [-0.2, -0.15) is 15.0 Å². The molecule has 2 heterocycles. The molecule has 0 amide bonds. The van der Waals surface area contributed by atoms with Gasteiger partial charge in [-0.15, -0.1) is 0 Å². The molecule has 1 N–H and O–H groups in total. The molecule has 38 heavy (non-hydrogen) atoms. The lowest BCUT2D eigenvalue weighted by atomic mass is 10.1. The SMILES string of the molecule is N#Cc1ccc(-c2nc(-c3ccccc3)c(-c3ccccc3)n2-n2c(-c3ccc(Cl)cc3)n[nH]c2=S)cc1. The van der Waals surface area contributed by atoms with Crippen molar-refractivity contribution >= 4 is 23.8 Å². The summed E-state index contributed by atoms with van der Waals surface area (Å²) in [4.78, 5) is 5.18. The second-order valence-corrected chi connectivity index (χ2v) is 9.36. The Hall–Kier alpha value is -4.77. The van der Waals surface area contributed by atoms with Gasteiger partial charge in [0.05, 0.1) is 23.0 Å². The van der Waals surface area contributed by atoms with Crippen molar-refractivity contribution in [3.8, 4) is 51.4 Å². The van der Waals surface area contributed by atoms with E-state index < -0.39 is 0 Å². The number of nitrogens with zero attached hydrogens (tertiary/aromatic N) is 5. The van der Waals surface area contributed by atoms with Crippen molar-refractivity contribution in [1.82, 2.24) is 24.5 Å². The van der Waals surface area contributed by atoms with Gasteiger partial charge >= 0.3 is 0 Å². The maximum absolute atomic E-state index is 9.36. The number of nitriles is 1. The van der Waals surface area contributed by atoms with Gasteiger partial charge in [0.2, 0.25) is 4.77 Å². The second kappa shape index (κ2) is 9.94. The molecule has 0 bridgehead atoms.